The minimum Gasteiger partial charge on any atom is -0.336 e. The number of piperazine rings is 1. The lowest BCUT2D eigenvalue weighted by molar-refractivity contribution is 0.0637. The van der Waals surface area contributed by atoms with Crippen LogP contribution in [-0.4, -0.2) is 78.5 Å². The van der Waals surface area contributed by atoms with Crippen LogP contribution < -0.4 is 5.32 Å². The second-order valence-electron chi connectivity index (χ2n) is 8.65. The summed E-state index contributed by atoms with van der Waals surface area (Å²) in [6.07, 6.45) is 3.20. The highest BCUT2D eigenvalue weighted by molar-refractivity contribution is 5.94. The van der Waals surface area contributed by atoms with Crippen molar-refractivity contribution in [3.8, 4) is 0 Å². The van der Waals surface area contributed by atoms with Gasteiger partial charge in [0.1, 0.15) is 0 Å². The summed E-state index contributed by atoms with van der Waals surface area (Å²) in [4.78, 5) is 31.7. The van der Waals surface area contributed by atoms with Gasteiger partial charge in [-0.25, -0.2) is 4.79 Å². The van der Waals surface area contributed by atoms with Crippen molar-refractivity contribution in [2.45, 2.75) is 52.0 Å². The zero-order valence-corrected chi connectivity index (χ0v) is 18.2. The molecule has 1 aromatic rings. The summed E-state index contributed by atoms with van der Waals surface area (Å²) in [5, 5.41) is 2.99. The fourth-order valence-electron chi connectivity index (χ4n) is 4.37. The maximum atomic E-state index is 13.0. The maximum Gasteiger partial charge on any atom is 0.317 e. The summed E-state index contributed by atoms with van der Waals surface area (Å²) >= 11 is 0. The third-order valence-corrected chi connectivity index (χ3v) is 5.93. The number of nitrogens with zero attached hydrogens (tertiary/aromatic N) is 3. The largest absolute Gasteiger partial charge is 0.336 e. The number of benzene rings is 1. The Balaban J connectivity index is 1.63. The molecule has 0 radical (unpaired) electrons. The number of carbonyl (C=O) groups excluding carboxylic acids is 2. The molecule has 0 aliphatic carbocycles. The van der Waals surface area contributed by atoms with Crippen molar-refractivity contribution in [3.05, 3.63) is 35.4 Å². The molecule has 1 aromatic carbocycles. The van der Waals surface area contributed by atoms with E-state index in [1.54, 1.807) is 0 Å². The Morgan fingerprint density at radius 3 is 2.55 bits per heavy atom. The molecule has 2 heterocycles. The van der Waals surface area contributed by atoms with Crippen molar-refractivity contribution >= 4 is 11.9 Å². The van der Waals surface area contributed by atoms with Gasteiger partial charge in [-0.1, -0.05) is 19.1 Å². The maximum absolute atomic E-state index is 13.0. The van der Waals surface area contributed by atoms with Crippen LogP contribution in [0.4, 0.5) is 4.79 Å². The first-order valence-electron chi connectivity index (χ1n) is 11.1. The zero-order valence-electron chi connectivity index (χ0n) is 18.2. The van der Waals surface area contributed by atoms with Crippen LogP contribution >= 0.6 is 0 Å². The Kier molecular flexibility index (Phi) is 7.53. The molecular weight excluding hydrogens is 364 g/mol. The van der Waals surface area contributed by atoms with Crippen molar-refractivity contribution in [3.63, 3.8) is 0 Å². The molecule has 6 heteroatoms. The lowest BCUT2D eigenvalue weighted by Gasteiger charge is -2.35. The smallest absolute Gasteiger partial charge is 0.317 e. The standard InChI is InChI=1S/C23H36N4O2/c1-4-10-25-12-14-26(15-13-25)22(28)20-8-5-7-19(16-20)21-9-6-11-27(17-21)23(29)24-18(2)3/h5,7-8,16,18,21H,4,6,9-15,17H2,1-3H3,(H,24,29)/t21-/m1/s1. The minimum absolute atomic E-state index is 0.0156. The van der Waals surface area contributed by atoms with Crippen LogP contribution in [0.1, 0.15) is 61.9 Å². The predicted octanol–water partition coefficient (Wildman–Crippen LogP) is 3.15. The summed E-state index contributed by atoms with van der Waals surface area (Å²) in [7, 11) is 0. The highest BCUT2D eigenvalue weighted by Gasteiger charge is 2.26. The summed E-state index contributed by atoms with van der Waals surface area (Å²) in [6.45, 7) is 12.3. The average molecular weight is 401 g/mol. The molecule has 2 aliphatic heterocycles. The molecule has 29 heavy (non-hydrogen) atoms. The Morgan fingerprint density at radius 1 is 1.10 bits per heavy atom. The highest BCUT2D eigenvalue weighted by atomic mass is 16.2. The van der Waals surface area contributed by atoms with E-state index >= 15 is 0 Å². The van der Waals surface area contributed by atoms with E-state index in [0.717, 1.165) is 64.1 Å². The fourth-order valence-corrected chi connectivity index (χ4v) is 4.37. The van der Waals surface area contributed by atoms with Crippen LogP contribution in [0, 0.1) is 0 Å². The van der Waals surface area contributed by atoms with Gasteiger partial charge in [-0.3, -0.25) is 9.69 Å². The van der Waals surface area contributed by atoms with Crippen molar-refractivity contribution in [1.29, 1.82) is 0 Å². The van der Waals surface area contributed by atoms with E-state index in [9.17, 15) is 9.59 Å². The van der Waals surface area contributed by atoms with Crippen LogP contribution in [0.15, 0.2) is 24.3 Å². The van der Waals surface area contributed by atoms with Crippen molar-refractivity contribution in [2.24, 2.45) is 0 Å². The van der Waals surface area contributed by atoms with Crippen LogP contribution in [-0.2, 0) is 0 Å². The first kappa shape index (κ1) is 21.6. The van der Waals surface area contributed by atoms with Crippen LogP contribution in [0.2, 0.25) is 0 Å². The molecule has 2 fully saturated rings. The van der Waals surface area contributed by atoms with Gasteiger partial charge in [0.05, 0.1) is 0 Å². The van der Waals surface area contributed by atoms with Gasteiger partial charge in [-0.05, 0) is 57.4 Å². The number of likely N-dealkylation sites (tertiary alicyclic amines) is 1. The molecule has 2 saturated heterocycles. The third kappa shape index (κ3) is 5.72. The van der Waals surface area contributed by atoms with Gasteiger partial charge in [0.2, 0.25) is 0 Å². The van der Waals surface area contributed by atoms with Gasteiger partial charge in [0.25, 0.3) is 5.91 Å². The van der Waals surface area contributed by atoms with Crippen molar-refractivity contribution in [2.75, 3.05) is 45.8 Å². The quantitative estimate of drug-likeness (QED) is 0.826. The number of amides is 3. The Labute approximate surface area is 175 Å². The number of hydrogen-bond donors (Lipinski definition) is 1. The lowest BCUT2D eigenvalue weighted by Crippen LogP contribution is -2.48. The molecule has 1 atom stereocenters. The number of piperidine rings is 1. The molecule has 0 bridgehead atoms. The Hall–Kier alpha value is -2.08. The third-order valence-electron chi connectivity index (χ3n) is 5.93. The van der Waals surface area contributed by atoms with Gasteiger partial charge in [0, 0.05) is 56.8 Å². The molecule has 0 saturated carbocycles. The van der Waals surface area contributed by atoms with E-state index in [0.29, 0.717) is 6.54 Å². The molecule has 2 aliphatic rings. The first-order chi connectivity index (χ1) is 14.0. The van der Waals surface area contributed by atoms with Crippen LogP contribution in [0.3, 0.4) is 0 Å². The van der Waals surface area contributed by atoms with E-state index in [4.69, 9.17) is 0 Å². The minimum atomic E-state index is 0.0156. The molecule has 0 unspecified atom stereocenters. The summed E-state index contributed by atoms with van der Waals surface area (Å²) in [5.74, 6) is 0.420. The molecule has 1 N–H and O–H groups in total. The van der Waals surface area contributed by atoms with Crippen molar-refractivity contribution in [1.82, 2.24) is 20.0 Å². The monoisotopic (exact) mass is 400 g/mol. The molecule has 3 amide bonds. The number of nitrogens with one attached hydrogen (secondary N) is 1. The number of hydrogen-bond acceptors (Lipinski definition) is 3. The first-order valence-corrected chi connectivity index (χ1v) is 11.1. The Bertz CT molecular complexity index is 698. The molecule has 0 aromatic heterocycles. The van der Waals surface area contributed by atoms with Gasteiger partial charge in [0.15, 0.2) is 0 Å². The second-order valence-corrected chi connectivity index (χ2v) is 8.65. The molecule has 6 nitrogen and oxygen atoms in total. The average Bonchev–Trinajstić information content (AvgIpc) is 2.74. The van der Waals surface area contributed by atoms with E-state index < -0.39 is 0 Å². The normalized spacial score (nSPS) is 20.8. The molecule has 0 spiro atoms. The summed E-state index contributed by atoms with van der Waals surface area (Å²) in [6, 6.07) is 8.22. The fraction of sp³-hybridized carbons (Fsp3) is 0.652. The molecule has 160 valence electrons. The number of carbonyl (C=O) groups is 2. The van der Waals surface area contributed by atoms with Gasteiger partial charge >= 0.3 is 6.03 Å². The van der Waals surface area contributed by atoms with E-state index in [-0.39, 0.29) is 23.9 Å². The zero-order chi connectivity index (χ0) is 20.8. The van der Waals surface area contributed by atoms with Gasteiger partial charge < -0.3 is 15.1 Å². The molecule has 3 rings (SSSR count). The number of rotatable bonds is 5. The predicted molar refractivity (Wildman–Crippen MR) is 116 cm³/mol. The lowest BCUT2D eigenvalue weighted by atomic mass is 9.89. The van der Waals surface area contributed by atoms with E-state index in [1.165, 1.54) is 5.56 Å². The highest BCUT2D eigenvalue weighted by Crippen LogP contribution is 2.28. The van der Waals surface area contributed by atoms with Gasteiger partial charge in [-0.15, -0.1) is 0 Å². The Morgan fingerprint density at radius 2 is 1.86 bits per heavy atom. The summed E-state index contributed by atoms with van der Waals surface area (Å²) in [5.41, 5.74) is 1.94. The topological polar surface area (TPSA) is 55.9 Å². The number of urea groups is 1. The summed E-state index contributed by atoms with van der Waals surface area (Å²) < 4.78 is 0. The van der Waals surface area contributed by atoms with Crippen LogP contribution in [0.25, 0.3) is 0 Å². The molecular formula is C23H36N4O2. The van der Waals surface area contributed by atoms with Gasteiger partial charge in [-0.2, -0.15) is 0 Å². The second kappa shape index (κ2) is 10.1. The van der Waals surface area contributed by atoms with Crippen molar-refractivity contribution < 1.29 is 9.59 Å². The van der Waals surface area contributed by atoms with E-state index in [2.05, 4.69) is 29.3 Å². The SMILES string of the molecule is CCCN1CCN(C(=O)c2cccc([C@@H]3CCCN(C(=O)NC(C)C)C3)c2)CC1. The van der Waals surface area contributed by atoms with E-state index in [1.807, 2.05) is 35.8 Å². The van der Waals surface area contributed by atoms with Crippen LogP contribution in [0.5, 0.6) is 0 Å².